The number of rotatable bonds is 10. The van der Waals surface area contributed by atoms with Gasteiger partial charge in [-0.3, -0.25) is 10.1 Å². The second-order valence-corrected chi connectivity index (χ2v) is 12.2. The zero-order valence-corrected chi connectivity index (χ0v) is 25.8. The maximum absolute atomic E-state index is 13.1. The van der Waals surface area contributed by atoms with Crippen LogP contribution in [0, 0.1) is 0 Å². The molecule has 0 saturated heterocycles. The fourth-order valence-corrected chi connectivity index (χ4v) is 5.52. The number of carbonyl (C=O) groups excluding carboxylic acids is 3. The fourth-order valence-electron chi connectivity index (χ4n) is 5.52. The van der Waals surface area contributed by atoms with Crippen molar-refractivity contribution in [2.24, 2.45) is 5.73 Å². The van der Waals surface area contributed by atoms with Gasteiger partial charge in [0.15, 0.2) is 0 Å². The summed E-state index contributed by atoms with van der Waals surface area (Å²) in [5.41, 5.74) is 12.3. The van der Waals surface area contributed by atoms with Crippen LogP contribution in [0.3, 0.4) is 0 Å². The van der Waals surface area contributed by atoms with Crippen LogP contribution >= 0.6 is 0 Å². The lowest BCUT2D eigenvalue weighted by Crippen LogP contribution is -2.51. The van der Waals surface area contributed by atoms with E-state index in [0.29, 0.717) is 12.1 Å². The molecule has 8 heteroatoms. The second-order valence-electron chi connectivity index (χ2n) is 12.2. The van der Waals surface area contributed by atoms with Gasteiger partial charge in [-0.25, -0.2) is 9.59 Å². The first-order valence-corrected chi connectivity index (χ1v) is 15.1. The van der Waals surface area contributed by atoms with E-state index in [-0.39, 0.29) is 18.9 Å². The van der Waals surface area contributed by atoms with Crippen molar-refractivity contribution < 1.29 is 23.9 Å². The molecular weight excluding hydrogens is 566 g/mol. The summed E-state index contributed by atoms with van der Waals surface area (Å²) in [6.45, 7) is 5.53. The molecule has 4 N–H and O–H groups in total. The first kappa shape index (κ1) is 31.5. The largest absolute Gasteiger partial charge is 0.458 e. The minimum absolute atomic E-state index is 0.0358. The van der Waals surface area contributed by atoms with Crippen LogP contribution in [0.4, 0.5) is 10.5 Å². The molecule has 2 atom stereocenters. The molecule has 232 valence electrons. The van der Waals surface area contributed by atoms with Crippen molar-refractivity contribution >= 4 is 23.7 Å². The number of carbonyl (C=O) groups is 3. The van der Waals surface area contributed by atoms with Crippen LogP contribution in [0.25, 0.3) is 11.1 Å². The molecule has 0 aliphatic heterocycles. The van der Waals surface area contributed by atoms with Gasteiger partial charge in [-0.2, -0.15) is 0 Å². The predicted octanol–water partition coefficient (Wildman–Crippen LogP) is 5.99. The fraction of sp³-hybridized carbons (Fsp3) is 0.270. The summed E-state index contributed by atoms with van der Waals surface area (Å²) in [5, 5.41) is 5.56. The molecule has 0 fully saturated rings. The van der Waals surface area contributed by atoms with E-state index in [4.69, 9.17) is 15.2 Å². The third-order valence-electron chi connectivity index (χ3n) is 7.63. The Labute approximate surface area is 263 Å². The number of hydrogen-bond acceptors (Lipinski definition) is 6. The molecule has 2 amide bonds. The van der Waals surface area contributed by atoms with E-state index in [1.807, 2.05) is 54.6 Å². The molecule has 0 radical (unpaired) electrons. The number of benzene rings is 4. The number of amides is 2. The molecule has 0 heterocycles. The highest BCUT2D eigenvalue weighted by Crippen LogP contribution is 2.44. The van der Waals surface area contributed by atoms with Gasteiger partial charge < -0.3 is 20.5 Å². The van der Waals surface area contributed by atoms with Crippen LogP contribution in [-0.4, -0.2) is 42.3 Å². The Hall–Kier alpha value is -4.95. The van der Waals surface area contributed by atoms with E-state index in [1.165, 1.54) is 0 Å². The van der Waals surface area contributed by atoms with Crippen LogP contribution in [0.5, 0.6) is 0 Å². The van der Waals surface area contributed by atoms with Gasteiger partial charge in [-0.15, -0.1) is 0 Å². The minimum Gasteiger partial charge on any atom is -0.458 e. The summed E-state index contributed by atoms with van der Waals surface area (Å²) in [4.78, 5) is 38.8. The Morgan fingerprint density at radius 3 is 1.91 bits per heavy atom. The van der Waals surface area contributed by atoms with E-state index in [2.05, 4.69) is 34.9 Å². The van der Waals surface area contributed by atoms with E-state index in [9.17, 15) is 14.4 Å². The Morgan fingerprint density at radius 2 is 1.31 bits per heavy atom. The highest BCUT2D eigenvalue weighted by molar-refractivity contribution is 5.88. The second kappa shape index (κ2) is 13.8. The van der Waals surface area contributed by atoms with Crippen molar-refractivity contribution in [3.05, 3.63) is 125 Å². The molecule has 0 saturated carbocycles. The van der Waals surface area contributed by atoms with Crippen molar-refractivity contribution in [1.82, 2.24) is 5.32 Å². The highest BCUT2D eigenvalue weighted by atomic mass is 16.6. The molecule has 5 rings (SSSR count). The molecule has 1 aliphatic carbocycles. The summed E-state index contributed by atoms with van der Waals surface area (Å²) in [6.07, 6.45) is -0.0376. The van der Waals surface area contributed by atoms with Gasteiger partial charge in [0.2, 0.25) is 5.91 Å². The molecule has 0 aromatic heterocycles. The molecule has 0 bridgehead atoms. The van der Waals surface area contributed by atoms with Crippen LogP contribution in [0.15, 0.2) is 103 Å². The summed E-state index contributed by atoms with van der Waals surface area (Å²) < 4.78 is 11.2. The van der Waals surface area contributed by atoms with Crippen LogP contribution in [-0.2, 0) is 31.9 Å². The van der Waals surface area contributed by atoms with Gasteiger partial charge in [-0.05, 0) is 72.7 Å². The Bertz CT molecular complexity index is 1600. The molecular formula is C37H39N3O5. The van der Waals surface area contributed by atoms with Crippen molar-refractivity contribution in [1.29, 1.82) is 0 Å². The third-order valence-corrected chi connectivity index (χ3v) is 7.63. The van der Waals surface area contributed by atoms with Gasteiger partial charge in [0, 0.05) is 18.0 Å². The molecule has 0 unspecified atom stereocenters. The van der Waals surface area contributed by atoms with E-state index < -0.39 is 35.7 Å². The average molecular weight is 606 g/mol. The average Bonchev–Trinajstić information content (AvgIpc) is 3.33. The lowest BCUT2D eigenvalue weighted by Gasteiger charge is -2.25. The van der Waals surface area contributed by atoms with Crippen LogP contribution < -0.4 is 16.4 Å². The molecule has 1 aliphatic rings. The Balaban J connectivity index is 1.19. The SMILES string of the molecule is CC(C)(C)OC(=O)[C@H](Cc1ccc(NC(=O)OCC2c3ccccc3-c3ccccc32)cc1)NC(=O)[C@@H](N)Cc1ccccc1. The topological polar surface area (TPSA) is 120 Å². The maximum atomic E-state index is 13.1. The predicted molar refractivity (Wildman–Crippen MR) is 175 cm³/mol. The maximum Gasteiger partial charge on any atom is 0.411 e. The lowest BCUT2D eigenvalue weighted by molar-refractivity contribution is -0.158. The first-order chi connectivity index (χ1) is 21.6. The molecule has 0 spiro atoms. The number of esters is 1. The number of hydrogen-bond donors (Lipinski definition) is 3. The monoisotopic (exact) mass is 605 g/mol. The van der Waals surface area contributed by atoms with Crippen molar-refractivity contribution in [3.8, 4) is 11.1 Å². The van der Waals surface area contributed by atoms with E-state index in [0.717, 1.165) is 33.4 Å². The van der Waals surface area contributed by atoms with Crippen molar-refractivity contribution in [2.75, 3.05) is 11.9 Å². The van der Waals surface area contributed by atoms with Crippen LogP contribution in [0.2, 0.25) is 0 Å². The van der Waals surface area contributed by atoms with Gasteiger partial charge >= 0.3 is 12.1 Å². The zero-order chi connectivity index (χ0) is 32.0. The summed E-state index contributed by atoms with van der Waals surface area (Å²) >= 11 is 0. The lowest BCUT2D eigenvalue weighted by atomic mass is 9.98. The van der Waals surface area contributed by atoms with E-state index >= 15 is 0 Å². The molecule has 4 aromatic rings. The standard InChI is InChI=1S/C37H39N3O5/c1-37(2,3)45-35(42)33(40-34(41)32(38)21-24-11-5-4-6-12-24)22-25-17-19-26(20-18-25)39-36(43)44-23-31-29-15-9-7-13-27(29)28-14-8-10-16-30(28)31/h4-20,31-33H,21-23,38H2,1-3H3,(H,39,43)(H,40,41)/t32-,33-/m0/s1. The van der Waals surface area contributed by atoms with Crippen molar-refractivity contribution in [3.63, 3.8) is 0 Å². The molecule has 45 heavy (non-hydrogen) atoms. The third kappa shape index (κ3) is 8.16. The Morgan fingerprint density at radius 1 is 0.756 bits per heavy atom. The number of anilines is 1. The van der Waals surface area contributed by atoms with Crippen LogP contribution in [0.1, 0.15) is 48.9 Å². The van der Waals surface area contributed by atoms with Crippen molar-refractivity contribution in [2.45, 2.75) is 57.2 Å². The summed E-state index contributed by atoms with van der Waals surface area (Å²) in [7, 11) is 0. The van der Waals surface area contributed by atoms with Gasteiger partial charge in [0.1, 0.15) is 18.2 Å². The summed E-state index contributed by atoms with van der Waals surface area (Å²) in [5.74, 6) is -1.03. The van der Waals surface area contributed by atoms with Gasteiger partial charge in [0.25, 0.3) is 0 Å². The first-order valence-electron chi connectivity index (χ1n) is 15.1. The van der Waals surface area contributed by atoms with Gasteiger partial charge in [-0.1, -0.05) is 91.0 Å². The minimum atomic E-state index is -0.945. The number of nitrogens with one attached hydrogen (secondary N) is 2. The molecule has 8 nitrogen and oxygen atoms in total. The zero-order valence-electron chi connectivity index (χ0n) is 25.8. The summed E-state index contributed by atoms with van der Waals surface area (Å²) in [6, 6.07) is 31.1. The normalized spacial score (nSPS) is 13.6. The smallest absolute Gasteiger partial charge is 0.411 e. The quantitative estimate of drug-likeness (QED) is 0.191. The number of ether oxygens (including phenoxy) is 2. The highest BCUT2D eigenvalue weighted by Gasteiger charge is 2.30. The van der Waals surface area contributed by atoms with E-state index in [1.54, 1.807) is 45.0 Å². The molecule has 4 aromatic carbocycles. The van der Waals surface area contributed by atoms with Gasteiger partial charge in [0.05, 0.1) is 6.04 Å². The number of fused-ring (bicyclic) bond motifs is 3. The number of nitrogens with two attached hydrogens (primary N) is 1. The Kier molecular flexibility index (Phi) is 9.64.